The molecule has 1 aliphatic carbocycles. The Kier molecular flexibility index (Phi) is 4.62. The van der Waals surface area contributed by atoms with Gasteiger partial charge in [0.1, 0.15) is 0 Å². The summed E-state index contributed by atoms with van der Waals surface area (Å²) >= 11 is 0. The second-order valence-electron chi connectivity index (χ2n) is 7.83. The number of nitrogens with zero attached hydrogens (tertiary/aromatic N) is 1. The van der Waals surface area contributed by atoms with Gasteiger partial charge < -0.3 is 5.32 Å². The van der Waals surface area contributed by atoms with Crippen LogP contribution in [-0.2, 0) is 0 Å². The van der Waals surface area contributed by atoms with Gasteiger partial charge in [-0.15, -0.1) is 0 Å². The molecule has 0 amide bonds. The lowest BCUT2D eigenvalue weighted by molar-refractivity contribution is -0.0298. The molecule has 2 rings (SSSR count). The van der Waals surface area contributed by atoms with Crippen molar-refractivity contribution in [3.05, 3.63) is 0 Å². The van der Waals surface area contributed by atoms with Crippen LogP contribution in [0.1, 0.15) is 73.1 Å². The van der Waals surface area contributed by atoms with Gasteiger partial charge in [0.25, 0.3) is 0 Å². The minimum absolute atomic E-state index is 0.335. The Hall–Kier alpha value is -0.0800. The molecule has 0 aromatic carbocycles. The quantitative estimate of drug-likeness (QED) is 0.835. The molecule has 1 spiro atoms. The fraction of sp³-hybridized carbons (Fsp3) is 1.00. The Morgan fingerprint density at radius 3 is 2.37 bits per heavy atom. The molecule has 2 fully saturated rings. The van der Waals surface area contributed by atoms with Crippen LogP contribution in [0.4, 0.5) is 0 Å². The zero-order valence-corrected chi connectivity index (χ0v) is 13.8. The Balaban J connectivity index is 2.17. The first kappa shape index (κ1) is 15.3. The Morgan fingerprint density at radius 1 is 1.21 bits per heavy atom. The molecule has 1 saturated carbocycles. The predicted octanol–water partition coefficient (Wildman–Crippen LogP) is 3.81. The summed E-state index contributed by atoms with van der Waals surface area (Å²) in [5.74, 6) is 0.735. The minimum Gasteiger partial charge on any atom is -0.308 e. The molecule has 2 heteroatoms. The van der Waals surface area contributed by atoms with Crippen molar-refractivity contribution in [2.75, 3.05) is 13.1 Å². The summed E-state index contributed by atoms with van der Waals surface area (Å²) in [5.41, 5.74) is 0.761. The van der Waals surface area contributed by atoms with Crippen LogP contribution >= 0.6 is 0 Å². The largest absolute Gasteiger partial charge is 0.308 e. The minimum atomic E-state index is 0.335. The summed E-state index contributed by atoms with van der Waals surface area (Å²) in [6, 6.07) is 0.697. The van der Waals surface area contributed by atoms with Gasteiger partial charge in [-0.2, -0.15) is 0 Å². The highest BCUT2D eigenvalue weighted by atomic mass is 15.3. The molecule has 1 unspecified atom stereocenters. The highest BCUT2D eigenvalue weighted by Gasteiger charge is 2.44. The summed E-state index contributed by atoms with van der Waals surface area (Å²) < 4.78 is 0. The molecule has 0 radical (unpaired) electrons. The van der Waals surface area contributed by atoms with Crippen molar-refractivity contribution in [3.63, 3.8) is 0 Å². The van der Waals surface area contributed by atoms with Crippen LogP contribution in [0.15, 0.2) is 0 Å². The second-order valence-corrected chi connectivity index (χ2v) is 7.83. The maximum atomic E-state index is 3.95. The number of hydrogen-bond donors (Lipinski definition) is 1. The van der Waals surface area contributed by atoms with E-state index in [-0.39, 0.29) is 0 Å². The van der Waals surface area contributed by atoms with Crippen molar-refractivity contribution in [1.29, 1.82) is 0 Å². The van der Waals surface area contributed by atoms with Crippen LogP contribution in [-0.4, -0.2) is 35.1 Å². The summed E-state index contributed by atoms with van der Waals surface area (Å²) in [5, 5.41) is 3.95. The fourth-order valence-electron chi connectivity index (χ4n) is 3.96. The van der Waals surface area contributed by atoms with Crippen LogP contribution in [0.5, 0.6) is 0 Å². The molecule has 1 aliphatic heterocycles. The van der Waals surface area contributed by atoms with Gasteiger partial charge in [-0.3, -0.25) is 4.90 Å². The molecule has 1 heterocycles. The lowest BCUT2D eigenvalue weighted by atomic mass is 9.77. The SMILES string of the molecule is CCC(C)(C)N1CC2(CCCCC2)NCC1C(C)C. The van der Waals surface area contributed by atoms with E-state index in [1.165, 1.54) is 51.6 Å². The monoisotopic (exact) mass is 266 g/mol. The topological polar surface area (TPSA) is 15.3 Å². The standard InChI is InChI=1S/C17H34N2/c1-6-16(4,5)19-13-17(10-8-7-9-11-17)18-12-15(19)14(2)3/h14-15,18H,6-13H2,1-5H3. The zero-order chi connectivity index (χ0) is 14.1. The van der Waals surface area contributed by atoms with E-state index >= 15 is 0 Å². The van der Waals surface area contributed by atoms with Crippen molar-refractivity contribution in [3.8, 4) is 0 Å². The van der Waals surface area contributed by atoms with Gasteiger partial charge in [0.2, 0.25) is 0 Å². The first-order valence-electron chi connectivity index (χ1n) is 8.42. The number of nitrogens with one attached hydrogen (secondary N) is 1. The molecule has 1 N–H and O–H groups in total. The molecule has 2 aliphatic rings. The maximum absolute atomic E-state index is 3.95. The van der Waals surface area contributed by atoms with Crippen molar-refractivity contribution < 1.29 is 0 Å². The van der Waals surface area contributed by atoms with Crippen molar-refractivity contribution in [2.45, 2.75) is 90.3 Å². The van der Waals surface area contributed by atoms with Gasteiger partial charge >= 0.3 is 0 Å². The molecule has 19 heavy (non-hydrogen) atoms. The van der Waals surface area contributed by atoms with Crippen LogP contribution in [0, 0.1) is 5.92 Å². The average Bonchev–Trinajstić information content (AvgIpc) is 2.39. The van der Waals surface area contributed by atoms with Crippen LogP contribution in [0.25, 0.3) is 0 Å². The summed E-state index contributed by atoms with van der Waals surface area (Å²) in [6.07, 6.45) is 8.28. The Labute approximate surface area is 120 Å². The van der Waals surface area contributed by atoms with Crippen LogP contribution in [0.3, 0.4) is 0 Å². The van der Waals surface area contributed by atoms with E-state index < -0.39 is 0 Å². The molecular formula is C17H34N2. The third kappa shape index (κ3) is 3.16. The molecule has 0 bridgehead atoms. The molecule has 0 aromatic heterocycles. The number of rotatable bonds is 3. The van der Waals surface area contributed by atoms with E-state index in [2.05, 4.69) is 44.8 Å². The second kappa shape index (κ2) is 5.73. The molecule has 112 valence electrons. The predicted molar refractivity (Wildman–Crippen MR) is 83.5 cm³/mol. The lowest BCUT2D eigenvalue weighted by Gasteiger charge is -2.56. The zero-order valence-electron chi connectivity index (χ0n) is 13.8. The first-order valence-corrected chi connectivity index (χ1v) is 8.42. The van der Waals surface area contributed by atoms with Crippen LogP contribution < -0.4 is 5.32 Å². The molecule has 1 saturated heterocycles. The van der Waals surface area contributed by atoms with E-state index in [0.717, 1.165) is 5.92 Å². The maximum Gasteiger partial charge on any atom is 0.0309 e. The summed E-state index contributed by atoms with van der Waals surface area (Å²) in [4.78, 5) is 2.83. The molecule has 1 atom stereocenters. The Bertz CT molecular complexity index is 290. The number of hydrogen-bond acceptors (Lipinski definition) is 2. The van der Waals surface area contributed by atoms with Gasteiger partial charge in [0.15, 0.2) is 0 Å². The van der Waals surface area contributed by atoms with E-state index in [4.69, 9.17) is 0 Å². The normalized spacial score (nSPS) is 29.1. The molecule has 0 aromatic rings. The van der Waals surface area contributed by atoms with Gasteiger partial charge in [0, 0.05) is 30.2 Å². The third-order valence-corrected chi connectivity index (χ3v) is 5.78. The molecular weight excluding hydrogens is 232 g/mol. The number of piperazine rings is 1. The van der Waals surface area contributed by atoms with E-state index in [9.17, 15) is 0 Å². The van der Waals surface area contributed by atoms with Crippen molar-refractivity contribution >= 4 is 0 Å². The van der Waals surface area contributed by atoms with E-state index in [1.54, 1.807) is 0 Å². The van der Waals surface area contributed by atoms with Crippen molar-refractivity contribution in [1.82, 2.24) is 10.2 Å². The Morgan fingerprint density at radius 2 is 1.84 bits per heavy atom. The summed E-state index contributed by atoms with van der Waals surface area (Å²) in [6.45, 7) is 14.4. The highest BCUT2D eigenvalue weighted by Crippen LogP contribution is 2.36. The molecule has 2 nitrogen and oxygen atoms in total. The lowest BCUT2D eigenvalue weighted by Crippen LogP contribution is -2.69. The van der Waals surface area contributed by atoms with Gasteiger partial charge in [-0.1, -0.05) is 40.0 Å². The van der Waals surface area contributed by atoms with Gasteiger partial charge in [0.05, 0.1) is 0 Å². The summed E-state index contributed by atoms with van der Waals surface area (Å²) in [7, 11) is 0. The third-order valence-electron chi connectivity index (χ3n) is 5.78. The van der Waals surface area contributed by atoms with Crippen molar-refractivity contribution in [2.24, 2.45) is 5.92 Å². The fourth-order valence-corrected chi connectivity index (χ4v) is 3.96. The average molecular weight is 266 g/mol. The van der Waals surface area contributed by atoms with E-state index in [1.807, 2.05) is 0 Å². The first-order chi connectivity index (χ1) is 8.90. The smallest absolute Gasteiger partial charge is 0.0309 e. The van der Waals surface area contributed by atoms with Gasteiger partial charge in [-0.05, 0) is 39.0 Å². The van der Waals surface area contributed by atoms with Crippen LogP contribution in [0.2, 0.25) is 0 Å². The van der Waals surface area contributed by atoms with E-state index in [0.29, 0.717) is 17.1 Å². The highest BCUT2D eigenvalue weighted by molar-refractivity contribution is 5.03. The van der Waals surface area contributed by atoms with Gasteiger partial charge in [-0.25, -0.2) is 0 Å².